The summed E-state index contributed by atoms with van der Waals surface area (Å²) in [6.07, 6.45) is 13.2. The zero-order chi connectivity index (χ0) is 11.8. The zero-order valence-corrected chi connectivity index (χ0v) is 11.3. The maximum absolute atomic E-state index is 6.48. The quantitative estimate of drug-likeness (QED) is 0.614. The summed E-state index contributed by atoms with van der Waals surface area (Å²) in [5, 5.41) is 0. The highest BCUT2D eigenvalue weighted by Gasteiger charge is 2.43. The van der Waals surface area contributed by atoms with Crippen LogP contribution in [0.1, 0.15) is 58.8 Å². The van der Waals surface area contributed by atoms with Crippen molar-refractivity contribution in [2.45, 2.75) is 71.0 Å². The molecule has 2 aliphatic carbocycles. The van der Waals surface area contributed by atoms with E-state index in [0.717, 1.165) is 11.8 Å². The Morgan fingerprint density at radius 3 is 2.65 bits per heavy atom. The van der Waals surface area contributed by atoms with E-state index in [2.05, 4.69) is 19.9 Å². The molecule has 1 saturated heterocycles. The molecule has 1 aliphatic heterocycles. The highest BCUT2D eigenvalue weighted by molar-refractivity contribution is 5.20. The van der Waals surface area contributed by atoms with Crippen molar-refractivity contribution in [2.24, 2.45) is 17.8 Å². The minimum atomic E-state index is 0.501. The van der Waals surface area contributed by atoms with E-state index >= 15 is 0 Å². The third kappa shape index (κ3) is 2.07. The minimum Gasteiger partial charge on any atom is -0.373 e. The Morgan fingerprint density at radius 1 is 1.06 bits per heavy atom. The first kappa shape index (κ1) is 11.8. The van der Waals surface area contributed by atoms with Gasteiger partial charge in [-0.05, 0) is 38.0 Å². The van der Waals surface area contributed by atoms with Gasteiger partial charge in [0, 0.05) is 11.8 Å². The van der Waals surface area contributed by atoms with Gasteiger partial charge in [0.15, 0.2) is 0 Å². The van der Waals surface area contributed by atoms with Crippen LogP contribution in [0.25, 0.3) is 0 Å². The van der Waals surface area contributed by atoms with Crippen molar-refractivity contribution >= 4 is 0 Å². The number of hydrogen-bond acceptors (Lipinski definition) is 1. The Morgan fingerprint density at radius 2 is 1.82 bits per heavy atom. The minimum absolute atomic E-state index is 0.501. The van der Waals surface area contributed by atoms with Crippen molar-refractivity contribution < 1.29 is 4.74 Å². The lowest BCUT2D eigenvalue weighted by atomic mass is 9.67. The smallest absolute Gasteiger partial charge is 0.0667 e. The molecule has 1 heterocycles. The average molecular weight is 234 g/mol. The number of fused-ring (bicyclic) bond motifs is 3. The van der Waals surface area contributed by atoms with Crippen LogP contribution in [0.2, 0.25) is 0 Å². The Kier molecular flexibility index (Phi) is 3.30. The summed E-state index contributed by atoms with van der Waals surface area (Å²) < 4.78 is 6.48. The van der Waals surface area contributed by atoms with Crippen molar-refractivity contribution in [3.63, 3.8) is 0 Å². The van der Waals surface area contributed by atoms with Gasteiger partial charge in [0.1, 0.15) is 0 Å². The fraction of sp³-hybridized carbons (Fsp3) is 0.875. The average Bonchev–Trinajstić information content (AvgIpc) is 2.37. The van der Waals surface area contributed by atoms with Gasteiger partial charge >= 0.3 is 0 Å². The lowest BCUT2D eigenvalue weighted by Crippen LogP contribution is -2.47. The second-order valence-electron chi connectivity index (χ2n) is 6.52. The van der Waals surface area contributed by atoms with Crippen LogP contribution in [0, 0.1) is 17.8 Å². The van der Waals surface area contributed by atoms with Gasteiger partial charge in [-0.2, -0.15) is 0 Å². The number of ether oxygens (including phenoxy) is 1. The summed E-state index contributed by atoms with van der Waals surface area (Å²) in [7, 11) is 0. The molecule has 0 bridgehead atoms. The molecule has 0 radical (unpaired) electrons. The van der Waals surface area contributed by atoms with Crippen LogP contribution in [0.3, 0.4) is 0 Å². The molecule has 1 nitrogen and oxygen atoms in total. The van der Waals surface area contributed by atoms with Crippen molar-refractivity contribution in [2.75, 3.05) is 0 Å². The molecule has 3 aliphatic rings. The fourth-order valence-electron chi connectivity index (χ4n) is 4.26. The molecule has 0 aromatic carbocycles. The summed E-state index contributed by atoms with van der Waals surface area (Å²) in [5.74, 6) is 2.21. The predicted molar refractivity (Wildman–Crippen MR) is 70.9 cm³/mol. The van der Waals surface area contributed by atoms with Gasteiger partial charge in [-0.3, -0.25) is 0 Å². The SMILES string of the molecule is CC(C)[C@@H]1O[C@@H]2CCCC[C@@H]2C2=CCCC[C@@H]21. The van der Waals surface area contributed by atoms with Crippen molar-refractivity contribution in [1.82, 2.24) is 0 Å². The van der Waals surface area contributed by atoms with Crippen LogP contribution in [-0.4, -0.2) is 12.2 Å². The molecule has 96 valence electrons. The van der Waals surface area contributed by atoms with Gasteiger partial charge in [-0.1, -0.05) is 38.3 Å². The van der Waals surface area contributed by atoms with Crippen LogP contribution in [-0.2, 0) is 4.74 Å². The molecular weight excluding hydrogens is 208 g/mol. The summed E-state index contributed by atoms with van der Waals surface area (Å²) >= 11 is 0. The largest absolute Gasteiger partial charge is 0.373 e. The maximum Gasteiger partial charge on any atom is 0.0667 e. The van der Waals surface area contributed by atoms with Gasteiger partial charge in [0.25, 0.3) is 0 Å². The standard InChI is InChI=1S/C16H26O/c1-11(2)16-14-9-4-3-7-12(14)13-8-5-6-10-15(13)17-16/h7,11,13-16H,3-6,8-10H2,1-2H3/t13-,14+,15-,16+/m1/s1. The number of allylic oxidation sites excluding steroid dienone is 1. The van der Waals surface area contributed by atoms with E-state index in [9.17, 15) is 0 Å². The van der Waals surface area contributed by atoms with Crippen LogP contribution in [0.5, 0.6) is 0 Å². The molecule has 0 aromatic rings. The molecule has 0 aromatic heterocycles. The first-order chi connectivity index (χ1) is 8.27. The monoisotopic (exact) mass is 234 g/mol. The van der Waals surface area contributed by atoms with E-state index in [4.69, 9.17) is 4.74 Å². The van der Waals surface area contributed by atoms with Gasteiger partial charge in [-0.25, -0.2) is 0 Å². The lowest BCUT2D eigenvalue weighted by Gasteiger charge is -2.48. The van der Waals surface area contributed by atoms with E-state index in [1.54, 1.807) is 5.57 Å². The molecule has 4 atom stereocenters. The molecule has 0 unspecified atom stereocenters. The van der Waals surface area contributed by atoms with Crippen LogP contribution < -0.4 is 0 Å². The highest BCUT2D eigenvalue weighted by atomic mass is 16.5. The maximum atomic E-state index is 6.48. The van der Waals surface area contributed by atoms with E-state index in [0.29, 0.717) is 18.1 Å². The second kappa shape index (κ2) is 4.76. The van der Waals surface area contributed by atoms with Crippen molar-refractivity contribution in [1.29, 1.82) is 0 Å². The fourth-order valence-corrected chi connectivity index (χ4v) is 4.26. The van der Waals surface area contributed by atoms with Gasteiger partial charge < -0.3 is 4.74 Å². The zero-order valence-electron chi connectivity index (χ0n) is 11.3. The van der Waals surface area contributed by atoms with E-state index in [1.165, 1.54) is 44.9 Å². The van der Waals surface area contributed by atoms with Gasteiger partial charge in [0.2, 0.25) is 0 Å². The van der Waals surface area contributed by atoms with Crippen LogP contribution in [0.4, 0.5) is 0 Å². The van der Waals surface area contributed by atoms with Crippen molar-refractivity contribution in [3.8, 4) is 0 Å². The number of hydrogen-bond donors (Lipinski definition) is 0. The summed E-state index contributed by atoms with van der Waals surface area (Å²) in [6, 6.07) is 0. The first-order valence-electron chi connectivity index (χ1n) is 7.63. The topological polar surface area (TPSA) is 9.23 Å². The summed E-state index contributed by atoms with van der Waals surface area (Å²) in [6.45, 7) is 4.67. The molecule has 0 spiro atoms. The molecule has 2 fully saturated rings. The van der Waals surface area contributed by atoms with E-state index in [-0.39, 0.29) is 0 Å². The molecule has 0 N–H and O–H groups in total. The Bertz CT molecular complexity index is 305. The summed E-state index contributed by atoms with van der Waals surface area (Å²) in [4.78, 5) is 0. The van der Waals surface area contributed by atoms with Gasteiger partial charge in [-0.15, -0.1) is 0 Å². The number of rotatable bonds is 1. The van der Waals surface area contributed by atoms with Crippen molar-refractivity contribution in [3.05, 3.63) is 11.6 Å². The van der Waals surface area contributed by atoms with E-state index in [1.807, 2.05) is 0 Å². The Balaban J connectivity index is 1.88. The van der Waals surface area contributed by atoms with Crippen LogP contribution in [0.15, 0.2) is 11.6 Å². The molecular formula is C16H26O. The molecule has 1 saturated carbocycles. The molecule has 0 amide bonds. The molecule has 1 heteroatoms. The lowest BCUT2D eigenvalue weighted by molar-refractivity contribution is -0.121. The predicted octanol–water partition coefficient (Wildman–Crippen LogP) is 4.33. The normalized spacial score (nSPS) is 41.7. The van der Waals surface area contributed by atoms with Crippen LogP contribution >= 0.6 is 0 Å². The third-order valence-corrected chi connectivity index (χ3v) is 5.04. The molecule has 3 rings (SSSR count). The Labute approximate surface area is 106 Å². The third-order valence-electron chi connectivity index (χ3n) is 5.04. The Hall–Kier alpha value is -0.300. The van der Waals surface area contributed by atoms with Gasteiger partial charge in [0.05, 0.1) is 12.2 Å². The second-order valence-corrected chi connectivity index (χ2v) is 6.52. The first-order valence-corrected chi connectivity index (χ1v) is 7.63. The van der Waals surface area contributed by atoms with E-state index < -0.39 is 0 Å². The molecule has 17 heavy (non-hydrogen) atoms. The highest BCUT2D eigenvalue weighted by Crippen LogP contribution is 2.47. The summed E-state index contributed by atoms with van der Waals surface area (Å²) in [5.41, 5.74) is 1.80.